The Morgan fingerprint density at radius 1 is 1.39 bits per heavy atom. The number of anilines is 1. The van der Waals surface area contributed by atoms with Crippen LogP contribution in [0.4, 0.5) is 5.69 Å². The summed E-state index contributed by atoms with van der Waals surface area (Å²) in [6.45, 7) is 7.12. The fourth-order valence-corrected chi connectivity index (χ4v) is 2.61. The van der Waals surface area contributed by atoms with E-state index in [-0.39, 0.29) is 18.3 Å². The summed E-state index contributed by atoms with van der Waals surface area (Å²) in [5, 5.41) is 0. The number of benzene rings is 1. The van der Waals surface area contributed by atoms with E-state index in [9.17, 15) is 4.79 Å². The van der Waals surface area contributed by atoms with Gasteiger partial charge in [-0.25, -0.2) is 0 Å². The molecule has 2 atom stereocenters. The molecule has 3 nitrogen and oxygen atoms in total. The van der Waals surface area contributed by atoms with Crippen molar-refractivity contribution < 1.29 is 4.79 Å². The van der Waals surface area contributed by atoms with Crippen LogP contribution in [0.3, 0.4) is 0 Å². The lowest BCUT2D eigenvalue weighted by atomic mass is 10.1. The van der Waals surface area contributed by atoms with Crippen molar-refractivity contribution in [2.24, 2.45) is 5.92 Å². The van der Waals surface area contributed by atoms with Gasteiger partial charge in [-0.15, -0.1) is 12.4 Å². The summed E-state index contributed by atoms with van der Waals surface area (Å²) < 4.78 is 0. The molecule has 1 aliphatic heterocycles. The zero-order valence-electron chi connectivity index (χ0n) is 11.1. The first kappa shape index (κ1) is 14.8. The maximum absolute atomic E-state index is 12.4. The highest BCUT2D eigenvalue weighted by atomic mass is 35.5. The van der Waals surface area contributed by atoms with Crippen molar-refractivity contribution in [3.63, 3.8) is 0 Å². The number of carbonyl (C=O) groups excluding carboxylic acids is 1. The molecular weight excluding hydrogens is 248 g/mol. The van der Waals surface area contributed by atoms with Gasteiger partial charge in [0.2, 0.25) is 0 Å². The molecule has 2 rings (SSSR count). The quantitative estimate of drug-likeness (QED) is 0.796. The summed E-state index contributed by atoms with van der Waals surface area (Å²) in [5.41, 5.74) is 8.14. The van der Waals surface area contributed by atoms with Crippen LogP contribution >= 0.6 is 12.4 Å². The second kappa shape index (κ2) is 5.61. The smallest absolute Gasteiger partial charge is 0.254 e. The van der Waals surface area contributed by atoms with Gasteiger partial charge in [-0.05, 0) is 43.9 Å². The highest BCUT2D eigenvalue weighted by Gasteiger charge is 2.30. The van der Waals surface area contributed by atoms with Gasteiger partial charge >= 0.3 is 0 Å². The maximum Gasteiger partial charge on any atom is 0.254 e. The van der Waals surface area contributed by atoms with Gasteiger partial charge < -0.3 is 10.6 Å². The van der Waals surface area contributed by atoms with Crippen molar-refractivity contribution in [2.75, 3.05) is 12.3 Å². The lowest BCUT2D eigenvalue weighted by Gasteiger charge is -2.22. The number of likely N-dealkylation sites (tertiary alicyclic amines) is 1. The summed E-state index contributed by atoms with van der Waals surface area (Å²) >= 11 is 0. The average Bonchev–Trinajstić information content (AvgIpc) is 2.60. The van der Waals surface area contributed by atoms with Crippen LogP contribution in [0.15, 0.2) is 18.2 Å². The second-order valence-electron chi connectivity index (χ2n) is 5.22. The number of nitrogens with two attached hydrogens (primary N) is 1. The van der Waals surface area contributed by atoms with Crippen molar-refractivity contribution in [2.45, 2.75) is 33.2 Å². The molecule has 1 aromatic rings. The third-order valence-electron chi connectivity index (χ3n) is 3.54. The van der Waals surface area contributed by atoms with Crippen molar-refractivity contribution in [3.05, 3.63) is 29.3 Å². The summed E-state index contributed by atoms with van der Waals surface area (Å²) in [5.74, 6) is 0.710. The topological polar surface area (TPSA) is 46.3 Å². The molecule has 1 saturated heterocycles. The Morgan fingerprint density at radius 3 is 2.61 bits per heavy atom. The van der Waals surface area contributed by atoms with E-state index < -0.39 is 0 Å². The van der Waals surface area contributed by atoms with Crippen LogP contribution < -0.4 is 5.73 Å². The Balaban J connectivity index is 0.00000162. The Labute approximate surface area is 115 Å². The van der Waals surface area contributed by atoms with Crippen LogP contribution in [0, 0.1) is 12.8 Å². The van der Waals surface area contributed by atoms with Gasteiger partial charge in [-0.3, -0.25) is 4.79 Å². The molecule has 0 aromatic heterocycles. The largest absolute Gasteiger partial charge is 0.399 e. The molecule has 1 amide bonds. The molecule has 0 radical (unpaired) electrons. The second-order valence-corrected chi connectivity index (χ2v) is 5.22. The zero-order chi connectivity index (χ0) is 12.6. The minimum absolute atomic E-state index is 0. The predicted molar refractivity (Wildman–Crippen MR) is 77.1 cm³/mol. The first-order valence-corrected chi connectivity index (χ1v) is 6.16. The van der Waals surface area contributed by atoms with E-state index in [1.807, 2.05) is 24.0 Å². The molecule has 2 N–H and O–H groups in total. The minimum atomic E-state index is 0. The summed E-state index contributed by atoms with van der Waals surface area (Å²) in [4.78, 5) is 14.4. The molecule has 4 heteroatoms. The molecular formula is C14H21ClN2O. The standard InChI is InChI=1S/C14H20N2O.ClH/c1-9-6-11(3)16(8-9)14(17)13-7-12(15)5-4-10(13)2;/h4-5,7,9,11H,6,8,15H2,1-3H3;1H. The number of amides is 1. The van der Waals surface area contributed by atoms with Crippen LogP contribution in [0.25, 0.3) is 0 Å². The summed E-state index contributed by atoms with van der Waals surface area (Å²) in [7, 11) is 0. The number of halogens is 1. The molecule has 2 unspecified atom stereocenters. The highest BCUT2D eigenvalue weighted by molar-refractivity contribution is 5.96. The van der Waals surface area contributed by atoms with Gasteiger partial charge in [0.15, 0.2) is 0 Å². The number of hydrogen-bond acceptors (Lipinski definition) is 2. The van der Waals surface area contributed by atoms with Crippen LogP contribution in [-0.4, -0.2) is 23.4 Å². The number of nitrogen functional groups attached to an aromatic ring is 1. The first-order chi connectivity index (χ1) is 7.99. The number of nitrogens with zero attached hydrogens (tertiary/aromatic N) is 1. The number of rotatable bonds is 1. The molecule has 0 saturated carbocycles. The molecule has 0 spiro atoms. The van der Waals surface area contributed by atoms with Gasteiger partial charge in [0, 0.05) is 23.8 Å². The van der Waals surface area contributed by atoms with Crippen molar-refractivity contribution in [3.8, 4) is 0 Å². The van der Waals surface area contributed by atoms with Crippen LogP contribution in [-0.2, 0) is 0 Å². The predicted octanol–water partition coefficient (Wildman–Crippen LogP) is 2.87. The van der Waals surface area contributed by atoms with E-state index in [2.05, 4.69) is 13.8 Å². The van der Waals surface area contributed by atoms with Crippen LogP contribution in [0.2, 0.25) is 0 Å². The SMILES string of the molecule is Cc1ccc(N)cc1C(=O)N1CC(C)CC1C.Cl. The van der Waals surface area contributed by atoms with Gasteiger partial charge in [0.05, 0.1) is 0 Å². The van der Waals surface area contributed by atoms with E-state index in [1.165, 1.54) is 0 Å². The Kier molecular flexibility index (Phi) is 4.63. The van der Waals surface area contributed by atoms with Gasteiger partial charge in [0.25, 0.3) is 5.91 Å². The van der Waals surface area contributed by atoms with E-state index in [4.69, 9.17) is 5.73 Å². The fourth-order valence-electron chi connectivity index (χ4n) is 2.61. The summed E-state index contributed by atoms with van der Waals surface area (Å²) in [6, 6.07) is 5.86. The average molecular weight is 269 g/mol. The Bertz CT molecular complexity index is 447. The zero-order valence-corrected chi connectivity index (χ0v) is 12.0. The van der Waals surface area contributed by atoms with Crippen LogP contribution in [0.1, 0.15) is 36.2 Å². The molecule has 0 aliphatic carbocycles. The van der Waals surface area contributed by atoms with E-state index >= 15 is 0 Å². The van der Waals surface area contributed by atoms with E-state index in [0.717, 1.165) is 24.1 Å². The molecule has 18 heavy (non-hydrogen) atoms. The van der Waals surface area contributed by atoms with Gasteiger partial charge in [-0.2, -0.15) is 0 Å². The number of hydrogen-bond donors (Lipinski definition) is 1. The normalized spacial score (nSPS) is 22.7. The molecule has 1 aliphatic rings. The molecule has 0 bridgehead atoms. The van der Waals surface area contributed by atoms with E-state index in [1.54, 1.807) is 6.07 Å². The van der Waals surface area contributed by atoms with E-state index in [0.29, 0.717) is 17.6 Å². The first-order valence-electron chi connectivity index (χ1n) is 6.16. The third-order valence-corrected chi connectivity index (χ3v) is 3.54. The Morgan fingerprint density at radius 2 is 2.06 bits per heavy atom. The number of aryl methyl sites for hydroxylation is 1. The lowest BCUT2D eigenvalue weighted by molar-refractivity contribution is 0.0743. The highest BCUT2D eigenvalue weighted by Crippen LogP contribution is 2.25. The molecule has 1 heterocycles. The number of carbonyl (C=O) groups is 1. The van der Waals surface area contributed by atoms with Gasteiger partial charge in [-0.1, -0.05) is 13.0 Å². The minimum Gasteiger partial charge on any atom is -0.399 e. The molecule has 100 valence electrons. The van der Waals surface area contributed by atoms with Crippen LogP contribution in [0.5, 0.6) is 0 Å². The molecule has 1 aromatic carbocycles. The maximum atomic E-state index is 12.4. The van der Waals surface area contributed by atoms with Gasteiger partial charge in [0.1, 0.15) is 0 Å². The third kappa shape index (κ3) is 2.78. The Hall–Kier alpha value is -1.22. The van der Waals surface area contributed by atoms with Crippen molar-refractivity contribution in [1.82, 2.24) is 4.90 Å². The monoisotopic (exact) mass is 268 g/mol. The summed E-state index contributed by atoms with van der Waals surface area (Å²) in [6.07, 6.45) is 1.09. The molecule has 1 fully saturated rings. The fraction of sp³-hybridized carbons (Fsp3) is 0.500. The van der Waals surface area contributed by atoms with Crippen molar-refractivity contribution >= 4 is 24.0 Å². The lowest BCUT2D eigenvalue weighted by Crippen LogP contribution is -2.34. The van der Waals surface area contributed by atoms with Crippen molar-refractivity contribution in [1.29, 1.82) is 0 Å².